The standard InChI is InChI=1S/C8H14N2O4/c1-4(2)7(8(13)14)10-6(12)3-5(9)11/h4,7H,3H2,1-2H3,(H2,9,11)(H,10,12)(H,13,14)/t7-/m1/s1. The van der Waals surface area contributed by atoms with Crippen LogP contribution in [0.1, 0.15) is 20.3 Å². The van der Waals surface area contributed by atoms with Crippen molar-refractivity contribution in [1.82, 2.24) is 5.32 Å². The van der Waals surface area contributed by atoms with Gasteiger partial charge in [0.15, 0.2) is 0 Å². The van der Waals surface area contributed by atoms with Crippen LogP contribution in [0.2, 0.25) is 0 Å². The smallest absolute Gasteiger partial charge is 0.326 e. The maximum atomic E-state index is 11.0. The Labute approximate surface area is 81.5 Å². The van der Waals surface area contributed by atoms with E-state index in [1.54, 1.807) is 13.8 Å². The van der Waals surface area contributed by atoms with E-state index < -0.39 is 30.2 Å². The molecule has 0 saturated heterocycles. The SMILES string of the molecule is CC(C)[C@@H](NC(=O)CC(N)=O)C(=O)O. The van der Waals surface area contributed by atoms with Crippen LogP contribution in [0.4, 0.5) is 0 Å². The van der Waals surface area contributed by atoms with Gasteiger partial charge in [0.05, 0.1) is 0 Å². The molecule has 0 saturated carbocycles. The number of hydrogen-bond acceptors (Lipinski definition) is 3. The van der Waals surface area contributed by atoms with E-state index in [0.29, 0.717) is 0 Å². The first-order chi connectivity index (χ1) is 6.34. The summed E-state index contributed by atoms with van der Waals surface area (Å²) < 4.78 is 0. The molecule has 0 radical (unpaired) electrons. The molecule has 0 aliphatic heterocycles. The maximum Gasteiger partial charge on any atom is 0.326 e. The minimum Gasteiger partial charge on any atom is -0.480 e. The largest absolute Gasteiger partial charge is 0.480 e. The highest BCUT2D eigenvalue weighted by atomic mass is 16.4. The van der Waals surface area contributed by atoms with Crippen molar-refractivity contribution in [2.75, 3.05) is 0 Å². The molecule has 0 aliphatic rings. The van der Waals surface area contributed by atoms with E-state index in [9.17, 15) is 14.4 Å². The molecule has 6 heteroatoms. The third-order valence-corrected chi connectivity index (χ3v) is 1.58. The summed E-state index contributed by atoms with van der Waals surface area (Å²) in [6.07, 6.45) is -0.490. The fraction of sp³-hybridized carbons (Fsp3) is 0.625. The van der Waals surface area contributed by atoms with Crippen LogP contribution in [0.25, 0.3) is 0 Å². The highest BCUT2D eigenvalue weighted by Crippen LogP contribution is 2.01. The topological polar surface area (TPSA) is 109 Å². The van der Waals surface area contributed by atoms with Gasteiger partial charge in [-0.3, -0.25) is 9.59 Å². The molecule has 0 aromatic carbocycles. The van der Waals surface area contributed by atoms with Crippen molar-refractivity contribution in [1.29, 1.82) is 0 Å². The maximum absolute atomic E-state index is 11.0. The van der Waals surface area contributed by atoms with Crippen molar-refractivity contribution in [2.24, 2.45) is 11.7 Å². The number of nitrogens with two attached hydrogens (primary N) is 1. The molecule has 14 heavy (non-hydrogen) atoms. The van der Waals surface area contributed by atoms with Gasteiger partial charge in [0, 0.05) is 0 Å². The van der Waals surface area contributed by atoms with E-state index in [1.165, 1.54) is 0 Å². The number of carbonyl (C=O) groups is 3. The van der Waals surface area contributed by atoms with Crippen molar-refractivity contribution >= 4 is 17.8 Å². The van der Waals surface area contributed by atoms with Gasteiger partial charge < -0.3 is 16.2 Å². The predicted octanol–water partition coefficient (Wildman–Crippen LogP) is -0.913. The number of rotatable bonds is 5. The molecule has 0 unspecified atom stereocenters. The van der Waals surface area contributed by atoms with Gasteiger partial charge in [-0.05, 0) is 5.92 Å². The summed E-state index contributed by atoms with van der Waals surface area (Å²) in [7, 11) is 0. The summed E-state index contributed by atoms with van der Waals surface area (Å²) in [4.78, 5) is 32.0. The number of carbonyl (C=O) groups excluding carboxylic acids is 2. The van der Waals surface area contributed by atoms with Gasteiger partial charge in [-0.2, -0.15) is 0 Å². The number of nitrogens with one attached hydrogen (secondary N) is 1. The second-order valence-corrected chi connectivity index (χ2v) is 3.27. The predicted molar refractivity (Wildman–Crippen MR) is 48.2 cm³/mol. The van der Waals surface area contributed by atoms with Gasteiger partial charge in [0.1, 0.15) is 12.5 Å². The van der Waals surface area contributed by atoms with Gasteiger partial charge in [0.2, 0.25) is 11.8 Å². The monoisotopic (exact) mass is 202 g/mol. The van der Waals surface area contributed by atoms with Gasteiger partial charge in [-0.25, -0.2) is 4.79 Å². The second-order valence-electron chi connectivity index (χ2n) is 3.27. The van der Waals surface area contributed by atoms with E-state index in [1.807, 2.05) is 0 Å². The van der Waals surface area contributed by atoms with E-state index in [-0.39, 0.29) is 5.92 Å². The Bertz CT molecular complexity index is 250. The fourth-order valence-electron chi connectivity index (χ4n) is 0.896. The first-order valence-electron chi connectivity index (χ1n) is 4.15. The Morgan fingerprint density at radius 3 is 2.14 bits per heavy atom. The van der Waals surface area contributed by atoms with Crippen LogP contribution in [-0.4, -0.2) is 28.9 Å². The van der Waals surface area contributed by atoms with Crippen LogP contribution in [0.15, 0.2) is 0 Å². The zero-order chi connectivity index (χ0) is 11.3. The van der Waals surface area contributed by atoms with E-state index in [0.717, 1.165) is 0 Å². The molecule has 0 aromatic rings. The molecular weight excluding hydrogens is 188 g/mol. The number of carboxylic acids is 1. The molecule has 0 bridgehead atoms. The van der Waals surface area contributed by atoms with E-state index in [2.05, 4.69) is 5.32 Å². The lowest BCUT2D eigenvalue weighted by Gasteiger charge is -2.17. The molecule has 0 aliphatic carbocycles. The third-order valence-electron chi connectivity index (χ3n) is 1.58. The lowest BCUT2D eigenvalue weighted by Crippen LogP contribution is -2.45. The Hall–Kier alpha value is -1.59. The lowest BCUT2D eigenvalue weighted by molar-refractivity contribution is -0.143. The molecule has 6 nitrogen and oxygen atoms in total. The molecule has 0 rings (SSSR count). The number of carboxylic acid groups (broad SMARTS) is 1. The van der Waals surface area contributed by atoms with Gasteiger partial charge in [-0.15, -0.1) is 0 Å². The minimum atomic E-state index is -1.13. The third kappa shape index (κ3) is 4.44. The lowest BCUT2D eigenvalue weighted by atomic mass is 10.0. The molecule has 0 aromatic heterocycles. The summed E-state index contributed by atoms with van der Waals surface area (Å²) in [5.41, 5.74) is 4.77. The average molecular weight is 202 g/mol. The number of aliphatic carboxylic acids is 1. The summed E-state index contributed by atoms with van der Waals surface area (Å²) in [5.74, 6) is -2.82. The molecular formula is C8H14N2O4. The summed E-state index contributed by atoms with van der Waals surface area (Å²) in [5, 5.41) is 10.9. The normalized spacial score (nSPS) is 12.2. The summed E-state index contributed by atoms with van der Waals surface area (Å²) in [6.45, 7) is 3.31. The zero-order valence-electron chi connectivity index (χ0n) is 8.11. The summed E-state index contributed by atoms with van der Waals surface area (Å²) >= 11 is 0. The Balaban J connectivity index is 4.24. The van der Waals surface area contributed by atoms with Gasteiger partial charge in [0.25, 0.3) is 0 Å². The molecule has 2 amide bonds. The minimum absolute atomic E-state index is 0.246. The number of hydrogen-bond donors (Lipinski definition) is 3. The fourth-order valence-corrected chi connectivity index (χ4v) is 0.896. The van der Waals surface area contributed by atoms with Crippen LogP contribution in [0.3, 0.4) is 0 Å². The Kier molecular flexibility index (Phi) is 4.62. The zero-order valence-corrected chi connectivity index (χ0v) is 8.11. The van der Waals surface area contributed by atoms with E-state index >= 15 is 0 Å². The highest BCUT2D eigenvalue weighted by Gasteiger charge is 2.23. The molecule has 80 valence electrons. The first kappa shape index (κ1) is 12.4. The first-order valence-corrected chi connectivity index (χ1v) is 4.15. The quantitative estimate of drug-likeness (QED) is 0.501. The van der Waals surface area contributed by atoms with Gasteiger partial charge >= 0.3 is 5.97 Å². The van der Waals surface area contributed by atoms with Crippen molar-refractivity contribution in [3.63, 3.8) is 0 Å². The van der Waals surface area contributed by atoms with Crippen molar-refractivity contribution in [3.8, 4) is 0 Å². The Morgan fingerprint density at radius 2 is 1.86 bits per heavy atom. The Morgan fingerprint density at radius 1 is 1.36 bits per heavy atom. The van der Waals surface area contributed by atoms with Crippen molar-refractivity contribution in [3.05, 3.63) is 0 Å². The highest BCUT2D eigenvalue weighted by molar-refractivity contribution is 5.97. The van der Waals surface area contributed by atoms with Crippen molar-refractivity contribution < 1.29 is 19.5 Å². The van der Waals surface area contributed by atoms with Gasteiger partial charge in [-0.1, -0.05) is 13.8 Å². The second kappa shape index (κ2) is 5.21. The summed E-state index contributed by atoms with van der Waals surface area (Å²) in [6, 6.07) is -0.984. The molecule has 0 fully saturated rings. The van der Waals surface area contributed by atoms with Crippen LogP contribution >= 0.6 is 0 Å². The van der Waals surface area contributed by atoms with Crippen molar-refractivity contribution in [2.45, 2.75) is 26.3 Å². The van der Waals surface area contributed by atoms with E-state index in [4.69, 9.17) is 10.8 Å². The molecule has 1 atom stereocenters. The molecule has 0 heterocycles. The average Bonchev–Trinajstić information content (AvgIpc) is 1.97. The molecule has 4 N–H and O–H groups in total. The van der Waals surface area contributed by atoms with Crippen LogP contribution in [0, 0.1) is 5.92 Å². The van der Waals surface area contributed by atoms with Crippen LogP contribution < -0.4 is 11.1 Å². The van der Waals surface area contributed by atoms with Crippen LogP contribution in [-0.2, 0) is 14.4 Å². The number of amides is 2. The van der Waals surface area contributed by atoms with Crippen LogP contribution in [0.5, 0.6) is 0 Å². The molecule has 0 spiro atoms. The number of primary amides is 1.